The first-order chi connectivity index (χ1) is 29.7. The Morgan fingerprint density at radius 3 is 2.40 bits per heavy atom. The Hall–Kier alpha value is -5.40. The summed E-state index contributed by atoms with van der Waals surface area (Å²) in [6.45, 7) is 5.78. The van der Waals surface area contributed by atoms with Crippen molar-refractivity contribution in [2.24, 2.45) is 0 Å². The lowest BCUT2D eigenvalue weighted by atomic mass is 9.89. The molecule has 3 N–H and O–H groups in total. The van der Waals surface area contributed by atoms with Crippen LogP contribution in [0.2, 0.25) is 0 Å². The molecule has 3 aromatic carbocycles. The van der Waals surface area contributed by atoms with Crippen LogP contribution in [-0.2, 0) is 37.2 Å². The number of para-hydroxylation sites is 1. The molecule has 1 aromatic heterocycles. The molecule has 3 saturated heterocycles. The molecular weight excluding hydrogens is 888 g/mol. The molecule has 15 nitrogen and oxygen atoms in total. The molecule has 0 aliphatic carbocycles. The van der Waals surface area contributed by atoms with Gasteiger partial charge in [-0.25, -0.2) is 22.2 Å². The number of amides is 3. The maximum absolute atomic E-state index is 15.1. The summed E-state index contributed by atoms with van der Waals surface area (Å²) in [5, 5.41) is 8.76. The maximum Gasteiger partial charge on any atom is 0.237 e. The van der Waals surface area contributed by atoms with E-state index >= 15 is 8.78 Å². The van der Waals surface area contributed by atoms with Crippen molar-refractivity contribution in [1.82, 2.24) is 25.1 Å². The Balaban J connectivity index is 0.858. The highest BCUT2D eigenvalue weighted by atomic mass is 79.9. The van der Waals surface area contributed by atoms with Gasteiger partial charge in [0.15, 0.2) is 0 Å². The summed E-state index contributed by atoms with van der Waals surface area (Å²) in [6, 6.07) is 12.2. The number of anilines is 6. The zero-order valence-electron chi connectivity index (χ0n) is 34.6. The van der Waals surface area contributed by atoms with Gasteiger partial charge in [-0.05, 0) is 95.9 Å². The number of fused-ring (bicyclic) bond motifs is 1. The Labute approximate surface area is 367 Å². The lowest BCUT2D eigenvalue weighted by molar-refractivity contribution is -0.139. The second-order valence-electron chi connectivity index (χ2n) is 16.2. The smallest absolute Gasteiger partial charge is 0.237 e. The minimum atomic E-state index is -3.47. The van der Waals surface area contributed by atoms with Gasteiger partial charge in [0.05, 0.1) is 47.4 Å². The Morgan fingerprint density at radius 1 is 0.952 bits per heavy atom. The molecule has 8 rings (SSSR count). The third-order valence-corrected chi connectivity index (χ3v) is 13.9. The molecule has 0 bridgehead atoms. The third-order valence-electron chi connectivity index (χ3n) is 12.1. The SMILES string of the molecule is COc1cc(N2CCC(N3CCN(CCc4cc(F)c(C5CCC(=O)NC5=O)c(F)c4)CC3=O)CC2)c(C)cc1Nc1ncc(Br)c(Nc2cccc3c2N(S(C)(=O)=O)CC3)n1. The van der Waals surface area contributed by atoms with Crippen LogP contribution in [-0.4, -0.2) is 111 Å². The molecular formula is C43H48BrF2N9O6S. The fraction of sp³-hybridized carbons (Fsp3) is 0.419. The summed E-state index contributed by atoms with van der Waals surface area (Å²) in [7, 11) is -1.87. The van der Waals surface area contributed by atoms with Gasteiger partial charge >= 0.3 is 0 Å². The van der Waals surface area contributed by atoms with E-state index in [1.165, 1.54) is 22.7 Å². The lowest BCUT2D eigenvalue weighted by Gasteiger charge is -2.43. The van der Waals surface area contributed by atoms with E-state index in [0.717, 1.165) is 42.7 Å². The van der Waals surface area contributed by atoms with E-state index in [9.17, 15) is 22.8 Å². The fourth-order valence-electron chi connectivity index (χ4n) is 9.00. The molecule has 0 saturated carbocycles. The number of carbonyl (C=O) groups is 3. The molecule has 5 heterocycles. The highest BCUT2D eigenvalue weighted by Gasteiger charge is 2.35. The monoisotopic (exact) mass is 935 g/mol. The van der Waals surface area contributed by atoms with Gasteiger partial charge < -0.3 is 25.2 Å². The standard InChI is InChI=1S/C43H48BrF2N9O6S/c1-25-19-34(49-43-47-23-30(44)41(51-43)48-33-6-4-5-27-10-16-55(40(27)33)62(3,59)60)36(61-2)22-35(25)53-14-11-28(12-15-53)54-18-17-52(24-38(54)57)13-9-26-20-31(45)39(32(46)21-26)29-7-8-37(56)50-42(29)58/h4-6,19-23,28-29H,7-18,24H2,1-3H3,(H,50,56,58)(H2,47,48,49,51). The van der Waals surface area contributed by atoms with Gasteiger partial charge in [-0.1, -0.05) is 12.1 Å². The van der Waals surface area contributed by atoms with Gasteiger partial charge in [0.1, 0.15) is 23.2 Å². The van der Waals surface area contributed by atoms with Crippen molar-refractivity contribution in [2.75, 3.05) is 79.0 Å². The van der Waals surface area contributed by atoms with Crippen molar-refractivity contribution in [1.29, 1.82) is 0 Å². The number of ether oxygens (including phenoxy) is 1. The van der Waals surface area contributed by atoms with Crippen LogP contribution < -0.4 is 29.9 Å². The van der Waals surface area contributed by atoms with E-state index in [2.05, 4.69) is 41.8 Å². The van der Waals surface area contributed by atoms with Crippen LogP contribution in [0.3, 0.4) is 0 Å². The topological polar surface area (TPSA) is 169 Å². The van der Waals surface area contributed by atoms with Crippen LogP contribution in [0.4, 0.5) is 43.3 Å². The number of aryl methyl sites for hydroxylation is 1. The van der Waals surface area contributed by atoms with E-state index in [1.54, 1.807) is 13.3 Å². The van der Waals surface area contributed by atoms with Gasteiger partial charge in [-0.2, -0.15) is 4.98 Å². The summed E-state index contributed by atoms with van der Waals surface area (Å²) in [6.07, 6.45) is 5.45. The average Bonchev–Trinajstić information content (AvgIpc) is 3.69. The zero-order valence-corrected chi connectivity index (χ0v) is 37.0. The van der Waals surface area contributed by atoms with Crippen LogP contribution in [0.5, 0.6) is 5.75 Å². The van der Waals surface area contributed by atoms with Crippen molar-refractivity contribution >= 4 is 78.2 Å². The second kappa shape index (κ2) is 17.8. The van der Waals surface area contributed by atoms with Crippen molar-refractivity contribution in [3.63, 3.8) is 0 Å². The predicted octanol–water partition coefficient (Wildman–Crippen LogP) is 5.52. The van der Waals surface area contributed by atoms with Crippen molar-refractivity contribution in [3.8, 4) is 5.75 Å². The number of halogens is 3. The van der Waals surface area contributed by atoms with E-state index in [1.807, 2.05) is 47.1 Å². The van der Waals surface area contributed by atoms with Crippen molar-refractivity contribution in [2.45, 2.75) is 57.4 Å². The summed E-state index contributed by atoms with van der Waals surface area (Å²) in [5.74, 6) is -2.40. The van der Waals surface area contributed by atoms with Crippen LogP contribution in [0.25, 0.3) is 0 Å². The van der Waals surface area contributed by atoms with Crippen molar-refractivity contribution in [3.05, 3.63) is 87.0 Å². The van der Waals surface area contributed by atoms with E-state index < -0.39 is 39.4 Å². The first-order valence-electron chi connectivity index (χ1n) is 20.6. The molecule has 1 unspecified atom stereocenters. The molecule has 4 aliphatic heterocycles. The molecule has 3 fully saturated rings. The maximum atomic E-state index is 15.1. The van der Waals surface area contributed by atoms with Crippen LogP contribution in [0.15, 0.2) is 53.1 Å². The number of piperidine rings is 2. The highest BCUT2D eigenvalue weighted by molar-refractivity contribution is 9.10. The molecule has 4 aromatic rings. The molecule has 4 aliphatic rings. The van der Waals surface area contributed by atoms with Gasteiger partial charge in [-0.3, -0.25) is 28.9 Å². The number of hydrogen-bond acceptors (Lipinski definition) is 12. The minimum absolute atomic E-state index is 0.0280. The Morgan fingerprint density at radius 2 is 1.71 bits per heavy atom. The van der Waals surface area contributed by atoms with E-state index in [-0.39, 0.29) is 36.9 Å². The van der Waals surface area contributed by atoms with Crippen LogP contribution in [0.1, 0.15) is 53.9 Å². The fourth-order valence-corrected chi connectivity index (χ4v) is 10.3. The molecule has 3 amide bonds. The third kappa shape index (κ3) is 9.06. The van der Waals surface area contributed by atoms with Gasteiger partial charge in [0.25, 0.3) is 0 Å². The summed E-state index contributed by atoms with van der Waals surface area (Å²) >= 11 is 3.53. The first-order valence-corrected chi connectivity index (χ1v) is 23.2. The average molecular weight is 937 g/mol. The Kier molecular flexibility index (Phi) is 12.4. The molecule has 1 atom stereocenters. The molecule has 0 spiro atoms. The highest BCUT2D eigenvalue weighted by Crippen LogP contribution is 2.40. The number of piperazine rings is 1. The zero-order chi connectivity index (χ0) is 43.9. The first kappa shape index (κ1) is 43.3. The number of carbonyl (C=O) groups excluding carboxylic acids is 3. The number of aromatic nitrogens is 2. The second-order valence-corrected chi connectivity index (χ2v) is 18.9. The quantitative estimate of drug-likeness (QED) is 0.153. The number of nitrogens with zero attached hydrogens (tertiary/aromatic N) is 6. The lowest BCUT2D eigenvalue weighted by Crippen LogP contribution is -2.56. The number of hydrogen-bond donors (Lipinski definition) is 3. The number of benzene rings is 3. The van der Waals surface area contributed by atoms with Gasteiger partial charge in [0, 0.05) is 75.2 Å². The normalized spacial score (nSPS) is 18.8. The number of nitrogens with one attached hydrogen (secondary N) is 3. The molecule has 19 heteroatoms. The Bertz CT molecular complexity index is 2520. The summed E-state index contributed by atoms with van der Waals surface area (Å²) in [5.41, 5.74) is 4.99. The van der Waals surface area contributed by atoms with Crippen LogP contribution in [0, 0.1) is 18.6 Å². The van der Waals surface area contributed by atoms with Crippen LogP contribution >= 0.6 is 15.9 Å². The van der Waals surface area contributed by atoms with Crippen molar-refractivity contribution < 1.29 is 36.3 Å². The predicted molar refractivity (Wildman–Crippen MR) is 235 cm³/mol. The number of imide groups is 1. The molecule has 62 heavy (non-hydrogen) atoms. The number of sulfonamides is 1. The minimum Gasteiger partial charge on any atom is -0.494 e. The number of rotatable bonds is 12. The van der Waals surface area contributed by atoms with Gasteiger partial charge in [-0.15, -0.1) is 0 Å². The summed E-state index contributed by atoms with van der Waals surface area (Å²) < 4.78 is 63.1. The van der Waals surface area contributed by atoms with Gasteiger partial charge in [0.2, 0.25) is 33.7 Å². The largest absolute Gasteiger partial charge is 0.494 e. The summed E-state index contributed by atoms with van der Waals surface area (Å²) in [4.78, 5) is 52.6. The number of methoxy groups -OCH3 is 1. The van der Waals surface area contributed by atoms with E-state index in [4.69, 9.17) is 9.72 Å². The van der Waals surface area contributed by atoms with E-state index in [0.29, 0.717) is 83.6 Å². The molecule has 328 valence electrons. The molecule has 0 radical (unpaired) electrons.